The van der Waals surface area contributed by atoms with E-state index in [0.29, 0.717) is 11.1 Å². The molecule has 0 atom stereocenters. The molecule has 3 rings (SSSR count). The Balaban J connectivity index is 1.96. The normalized spacial score (nSPS) is 11.3. The molecule has 0 saturated carbocycles. The summed E-state index contributed by atoms with van der Waals surface area (Å²) in [5, 5.41) is 2.34. The third-order valence-corrected chi connectivity index (χ3v) is 4.21. The zero-order valence-corrected chi connectivity index (χ0v) is 13.0. The number of rotatable bonds is 3. The van der Waals surface area contributed by atoms with Gasteiger partial charge in [-0.15, -0.1) is 0 Å². The standard InChI is InChI=1S/C17H11F3N2OS/c18-17(19,20)14-13(11-7-3-1-4-8-11)24-16(21-14)22-15(23)12-9-5-2-6-10-12/h1-10H,(H,21,22,23). The first-order chi connectivity index (χ1) is 11.4. The van der Waals surface area contributed by atoms with Crippen molar-refractivity contribution in [1.82, 2.24) is 4.98 Å². The molecule has 0 aliphatic carbocycles. The molecule has 3 aromatic rings. The molecule has 0 unspecified atom stereocenters. The minimum absolute atomic E-state index is 0.0218. The molecule has 2 aromatic carbocycles. The number of alkyl halides is 3. The van der Waals surface area contributed by atoms with Gasteiger partial charge in [0.25, 0.3) is 5.91 Å². The van der Waals surface area contributed by atoms with Gasteiger partial charge in [-0.1, -0.05) is 59.9 Å². The lowest BCUT2D eigenvalue weighted by Crippen LogP contribution is -2.12. The monoisotopic (exact) mass is 348 g/mol. The Morgan fingerprint density at radius 1 is 0.958 bits per heavy atom. The maximum atomic E-state index is 13.2. The Kier molecular flexibility index (Phi) is 4.35. The lowest BCUT2D eigenvalue weighted by atomic mass is 10.1. The Hall–Kier alpha value is -2.67. The van der Waals surface area contributed by atoms with Gasteiger partial charge in [-0.2, -0.15) is 13.2 Å². The zero-order chi connectivity index (χ0) is 17.2. The van der Waals surface area contributed by atoms with Crippen LogP contribution in [0.15, 0.2) is 60.7 Å². The van der Waals surface area contributed by atoms with E-state index in [2.05, 4.69) is 10.3 Å². The number of amides is 1. The van der Waals surface area contributed by atoms with Crippen LogP contribution in [0, 0.1) is 0 Å². The molecule has 1 amide bonds. The molecule has 3 nitrogen and oxygen atoms in total. The highest BCUT2D eigenvalue weighted by Crippen LogP contribution is 2.41. The highest BCUT2D eigenvalue weighted by Gasteiger charge is 2.38. The van der Waals surface area contributed by atoms with Gasteiger partial charge in [-0.3, -0.25) is 10.1 Å². The fraction of sp³-hybridized carbons (Fsp3) is 0.0588. The van der Waals surface area contributed by atoms with E-state index < -0.39 is 17.8 Å². The van der Waals surface area contributed by atoms with Gasteiger partial charge in [0.2, 0.25) is 0 Å². The molecule has 0 spiro atoms. The van der Waals surface area contributed by atoms with Gasteiger partial charge in [0, 0.05) is 5.56 Å². The molecule has 1 heterocycles. The van der Waals surface area contributed by atoms with Crippen LogP contribution in [-0.4, -0.2) is 10.9 Å². The van der Waals surface area contributed by atoms with E-state index in [-0.39, 0.29) is 10.0 Å². The summed E-state index contributed by atoms with van der Waals surface area (Å²) in [6.45, 7) is 0. The van der Waals surface area contributed by atoms with E-state index >= 15 is 0 Å². The minimum Gasteiger partial charge on any atom is -0.298 e. The lowest BCUT2D eigenvalue weighted by molar-refractivity contribution is -0.140. The van der Waals surface area contributed by atoms with Gasteiger partial charge in [-0.25, -0.2) is 4.98 Å². The highest BCUT2D eigenvalue weighted by molar-refractivity contribution is 7.19. The van der Waals surface area contributed by atoms with E-state index in [4.69, 9.17) is 0 Å². The Morgan fingerprint density at radius 2 is 1.54 bits per heavy atom. The van der Waals surface area contributed by atoms with Crippen molar-refractivity contribution in [3.8, 4) is 10.4 Å². The number of hydrogen-bond donors (Lipinski definition) is 1. The molecule has 0 aliphatic rings. The lowest BCUT2D eigenvalue weighted by Gasteiger charge is -2.05. The van der Waals surface area contributed by atoms with Gasteiger partial charge in [-0.05, 0) is 17.7 Å². The Morgan fingerprint density at radius 3 is 2.12 bits per heavy atom. The first-order valence-electron chi connectivity index (χ1n) is 6.95. The van der Waals surface area contributed by atoms with Gasteiger partial charge >= 0.3 is 6.18 Å². The minimum atomic E-state index is -4.60. The van der Waals surface area contributed by atoms with Crippen molar-refractivity contribution in [2.24, 2.45) is 0 Å². The number of aromatic nitrogens is 1. The summed E-state index contributed by atoms with van der Waals surface area (Å²) < 4.78 is 39.7. The quantitative estimate of drug-likeness (QED) is 0.717. The largest absolute Gasteiger partial charge is 0.434 e. The second kappa shape index (κ2) is 6.45. The van der Waals surface area contributed by atoms with E-state index in [1.807, 2.05) is 0 Å². The Labute approximate surface area is 139 Å². The second-order valence-corrected chi connectivity index (χ2v) is 5.88. The van der Waals surface area contributed by atoms with Crippen molar-refractivity contribution >= 4 is 22.4 Å². The van der Waals surface area contributed by atoms with Crippen molar-refractivity contribution in [2.45, 2.75) is 6.18 Å². The number of carbonyl (C=O) groups is 1. The van der Waals surface area contributed by atoms with Gasteiger partial charge in [0.05, 0.1) is 4.88 Å². The van der Waals surface area contributed by atoms with Gasteiger partial charge in [0.1, 0.15) is 0 Å². The van der Waals surface area contributed by atoms with Crippen LogP contribution in [0.4, 0.5) is 18.3 Å². The molecule has 1 aromatic heterocycles. The molecule has 0 radical (unpaired) electrons. The second-order valence-electron chi connectivity index (χ2n) is 4.88. The fourth-order valence-electron chi connectivity index (χ4n) is 2.11. The topological polar surface area (TPSA) is 42.0 Å². The predicted octanol–water partition coefficient (Wildman–Crippen LogP) is 5.08. The van der Waals surface area contributed by atoms with Crippen molar-refractivity contribution in [1.29, 1.82) is 0 Å². The third-order valence-electron chi connectivity index (χ3n) is 3.19. The van der Waals surface area contributed by atoms with Crippen LogP contribution < -0.4 is 5.32 Å². The third kappa shape index (κ3) is 3.46. The van der Waals surface area contributed by atoms with E-state index in [9.17, 15) is 18.0 Å². The number of anilines is 1. The van der Waals surface area contributed by atoms with E-state index in [0.717, 1.165) is 11.3 Å². The van der Waals surface area contributed by atoms with Crippen molar-refractivity contribution in [2.75, 3.05) is 5.32 Å². The maximum Gasteiger partial charge on any atom is 0.434 e. The SMILES string of the molecule is O=C(Nc1nc(C(F)(F)F)c(-c2ccccc2)s1)c1ccccc1. The van der Waals surface area contributed by atoms with Crippen LogP contribution in [0.25, 0.3) is 10.4 Å². The van der Waals surface area contributed by atoms with Crippen LogP contribution in [0.2, 0.25) is 0 Å². The smallest absolute Gasteiger partial charge is 0.298 e. The van der Waals surface area contributed by atoms with Crippen LogP contribution in [0.1, 0.15) is 16.1 Å². The Bertz CT molecular complexity index is 845. The molecule has 1 N–H and O–H groups in total. The summed E-state index contributed by atoms with van der Waals surface area (Å²) in [5.74, 6) is -0.502. The average Bonchev–Trinajstić information content (AvgIpc) is 3.01. The maximum absolute atomic E-state index is 13.2. The molecule has 0 saturated heterocycles. The first-order valence-corrected chi connectivity index (χ1v) is 7.76. The molecular weight excluding hydrogens is 337 g/mol. The number of nitrogens with zero attached hydrogens (tertiary/aromatic N) is 1. The predicted molar refractivity (Wildman–Crippen MR) is 86.9 cm³/mol. The molecule has 0 aliphatic heterocycles. The van der Waals surface area contributed by atoms with Crippen LogP contribution in [0.3, 0.4) is 0 Å². The van der Waals surface area contributed by atoms with Crippen molar-refractivity contribution in [3.05, 3.63) is 71.9 Å². The molecule has 0 bridgehead atoms. The molecular formula is C17H11F3N2OS. The van der Waals surface area contributed by atoms with E-state index in [1.165, 1.54) is 0 Å². The summed E-state index contributed by atoms with van der Waals surface area (Å²) in [5.41, 5.74) is -0.243. The summed E-state index contributed by atoms with van der Waals surface area (Å²) in [7, 11) is 0. The van der Waals surface area contributed by atoms with Gasteiger partial charge in [0.15, 0.2) is 10.8 Å². The molecule has 0 fully saturated rings. The summed E-state index contributed by atoms with van der Waals surface area (Å²) in [4.78, 5) is 15.7. The number of hydrogen-bond acceptors (Lipinski definition) is 3. The van der Waals surface area contributed by atoms with E-state index in [1.54, 1.807) is 60.7 Å². The van der Waals surface area contributed by atoms with Gasteiger partial charge < -0.3 is 0 Å². The molecule has 7 heteroatoms. The van der Waals surface area contributed by atoms with Crippen molar-refractivity contribution < 1.29 is 18.0 Å². The molecule has 24 heavy (non-hydrogen) atoms. The van der Waals surface area contributed by atoms with Crippen molar-refractivity contribution in [3.63, 3.8) is 0 Å². The summed E-state index contributed by atoms with van der Waals surface area (Å²) in [6.07, 6.45) is -4.60. The number of nitrogens with one attached hydrogen (secondary N) is 1. The fourth-order valence-corrected chi connectivity index (χ4v) is 3.10. The number of benzene rings is 2. The average molecular weight is 348 g/mol. The number of carbonyl (C=O) groups excluding carboxylic acids is 1. The number of thiazole rings is 1. The van der Waals surface area contributed by atoms with Crippen LogP contribution >= 0.6 is 11.3 Å². The summed E-state index contributed by atoms with van der Waals surface area (Å²) >= 11 is 0.799. The highest BCUT2D eigenvalue weighted by atomic mass is 32.1. The van der Waals surface area contributed by atoms with Crippen LogP contribution in [-0.2, 0) is 6.18 Å². The molecule has 122 valence electrons. The summed E-state index contributed by atoms with van der Waals surface area (Å²) in [6, 6.07) is 16.4. The number of halogens is 3. The first kappa shape index (κ1) is 16.2. The zero-order valence-electron chi connectivity index (χ0n) is 12.2. The van der Waals surface area contributed by atoms with Crippen LogP contribution in [0.5, 0.6) is 0 Å².